The van der Waals surface area contributed by atoms with Gasteiger partial charge in [0.25, 0.3) is 5.91 Å². The Morgan fingerprint density at radius 1 is 1.04 bits per heavy atom. The second-order valence-electron chi connectivity index (χ2n) is 5.43. The Bertz CT molecular complexity index is 795. The molecule has 3 rings (SSSR count). The molecule has 0 radical (unpaired) electrons. The van der Waals surface area contributed by atoms with E-state index in [0.717, 1.165) is 11.1 Å². The second kappa shape index (κ2) is 6.48. The molecule has 116 valence electrons. The van der Waals surface area contributed by atoms with E-state index in [1.807, 2.05) is 67.6 Å². The number of rotatable bonds is 4. The normalized spacial score (nSPS) is 11.9. The number of aryl methyl sites for hydroxylation is 1. The molecule has 0 saturated carbocycles. The summed E-state index contributed by atoms with van der Waals surface area (Å²) in [5, 5.41) is 7.06. The summed E-state index contributed by atoms with van der Waals surface area (Å²) in [4.78, 5) is 12.7. The van der Waals surface area contributed by atoms with Crippen molar-refractivity contribution in [1.82, 2.24) is 10.5 Å². The lowest BCUT2D eigenvalue weighted by molar-refractivity contribution is 0.0939. The molecule has 1 amide bonds. The fourth-order valence-corrected chi connectivity index (χ4v) is 2.53. The molecule has 0 unspecified atom stereocenters. The van der Waals surface area contributed by atoms with Crippen molar-refractivity contribution in [3.05, 3.63) is 77.6 Å². The molecule has 1 heterocycles. The van der Waals surface area contributed by atoms with Crippen LogP contribution in [0.15, 0.2) is 65.2 Å². The number of nitrogens with zero attached hydrogens (tertiary/aromatic N) is 1. The molecule has 4 nitrogen and oxygen atoms in total. The number of carbonyl (C=O) groups is 1. The molecule has 0 fully saturated rings. The number of aromatic nitrogens is 1. The Labute approximate surface area is 135 Å². The number of benzene rings is 2. The lowest BCUT2D eigenvalue weighted by Crippen LogP contribution is -2.27. The van der Waals surface area contributed by atoms with E-state index in [-0.39, 0.29) is 11.9 Å². The summed E-state index contributed by atoms with van der Waals surface area (Å²) in [5.74, 6) is 0.334. The van der Waals surface area contributed by atoms with Crippen molar-refractivity contribution in [3.63, 3.8) is 0 Å². The highest BCUT2D eigenvalue weighted by Crippen LogP contribution is 2.25. The van der Waals surface area contributed by atoms with E-state index in [1.165, 1.54) is 0 Å². The number of nitrogens with one attached hydrogen (secondary N) is 1. The van der Waals surface area contributed by atoms with E-state index in [1.54, 1.807) is 6.92 Å². The van der Waals surface area contributed by atoms with Crippen LogP contribution in [-0.4, -0.2) is 11.1 Å². The lowest BCUT2D eigenvalue weighted by atomic mass is 10.0. The molecule has 2 aromatic carbocycles. The van der Waals surface area contributed by atoms with Gasteiger partial charge in [-0.15, -0.1) is 0 Å². The summed E-state index contributed by atoms with van der Waals surface area (Å²) in [6.45, 7) is 3.71. The first-order valence-corrected chi connectivity index (χ1v) is 7.54. The first-order valence-electron chi connectivity index (χ1n) is 7.54. The van der Waals surface area contributed by atoms with Crippen LogP contribution in [0.25, 0.3) is 11.3 Å². The van der Waals surface area contributed by atoms with Crippen LogP contribution in [0.4, 0.5) is 0 Å². The molecule has 0 spiro atoms. The summed E-state index contributed by atoms with van der Waals surface area (Å²) in [6, 6.07) is 19.3. The molecule has 0 bridgehead atoms. The predicted molar refractivity (Wildman–Crippen MR) is 89.0 cm³/mol. The van der Waals surface area contributed by atoms with Crippen LogP contribution in [-0.2, 0) is 0 Å². The third-order valence-corrected chi connectivity index (χ3v) is 3.78. The van der Waals surface area contributed by atoms with E-state index >= 15 is 0 Å². The highest BCUT2D eigenvalue weighted by atomic mass is 16.5. The third kappa shape index (κ3) is 3.16. The van der Waals surface area contributed by atoms with Crippen molar-refractivity contribution in [1.29, 1.82) is 0 Å². The Hall–Kier alpha value is -2.88. The molecule has 0 saturated heterocycles. The molecule has 1 aromatic heterocycles. The van der Waals surface area contributed by atoms with Crippen LogP contribution in [0.3, 0.4) is 0 Å². The second-order valence-corrected chi connectivity index (χ2v) is 5.43. The van der Waals surface area contributed by atoms with E-state index in [2.05, 4.69) is 10.5 Å². The smallest absolute Gasteiger partial charge is 0.257 e. The molecular weight excluding hydrogens is 288 g/mol. The molecule has 1 atom stereocenters. The minimum atomic E-state index is -0.182. The van der Waals surface area contributed by atoms with E-state index < -0.39 is 0 Å². The summed E-state index contributed by atoms with van der Waals surface area (Å²) in [6.07, 6.45) is 0. The molecule has 1 N–H and O–H groups in total. The van der Waals surface area contributed by atoms with Gasteiger partial charge in [0.2, 0.25) is 0 Å². The largest absolute Gasteiger partial charge is 0.360 e. The number of hydrogen-bond donors (Lipinski definition) is 1. The monoisotopic (exact) mass is 306 g/mol. The molecular formula is C19H18N2O2. The fraction of sp³-hybridized carbons (Fsp3) is 0.158. The van der Waals surface area contributed by atoms with Gasteiger partial charge in [-0.3, -0.25) is 4.79 Å². The van der Waals surface area contributed by atoms with Crippen molar-refractivity contribution >= 4 is 5.91 Å². The van der Waals surface area contributed by atoms with Crippen molar-refractivity contribution in [2.24, 2.45) is 0 Å². The van der Waals surface area contributed by atoms with Crippen molar-refractivity contribution in [2.75, 3.05) is 0 Å². The van der Waals surface area contributed by atoms with Crippen LogP contribution in [0.2, 0.25) is 0 Å². The van der Waals surface area contributed by atoms with Gasteiger partial charge in [-0.05, 0) is 19.4 Å². The summed E-state index contributed by atoms with van der Waals surface area (Å²) in [5.41, 5.74) is 2.97. The number of amides is 1. The average molecular weight is 306 g/mol. The molecule has 4 heteroatoms. The van der Waals surface area contributed by atoms with Crippen LogP contribution in [0.1, 0.15) is 34.6 Å². The summed E-state index contributed by atoms with van der Waals surface area (Å²) in [7, 11) is 0. The minimum Gasteiger partial charge on any atom is -0.360 e. The predicted octanol–water partition coefficient (Wildman–Crippen LogP) is 4.14. The maximum absolute atomic E-state index is 12.7. The molecule has 3 aromatic rings. The zero-order valence-corrected chi connectivity index (χ0v) is 13.1. The molecule has 0 aliphatic carbocycles. The van der Waals surface area contributed by atoms with Crippen LogP contribution < -0.4 is 5.32 Å². The van der Waals surface area contributed by atoms with Crippen LogP contribution in [0.5, 0.6) is 0 Å². The van der Waals surface area contributed by atoms with Gasteiger partial charge in [-0.2, -0.15) is 0 Å². The topological polar surface area (TPSA) is 55.1 Å². The minimum absolute atomic E-state index is 0.0957. The van der Waals surface area contributed by atoms with Gasteiger partial charge < -0.3 is 9.84 Å². The van der Waals surface area contributed by atoms with E-state index in [4.69, 9.17) is 4.52 Å². The van der Waals surface area contributed by atoms with Gasteiger partial charge in [0.15, 0.2) is 0 Å². The zero-order valence-electron chi connectivity index (χ0n) is 13.1. The first-order chi connectivity index (χ1) is 11.2. The maximum atomic E-state index is 12.7. The van der Waals surface area contributed by atoms with E-state index in [0.29, 0.717) is 17.0 Å². The average Bonchev–Trinajstić information content (AvgIpc) is 2.98. The van der Waals surface area contributed by atoms with Gasteiger partial charge in [-0.25, -0.2) is 0 Å². The first kappa shape index (κ1) is 15.0. The number of hydrogen-bond acceptors (Lipinski definition) is 3. The molecule has 0 aliphatic heterocycles. The van der Waals surface area contributed by atoms with Gasteiger partial charge in [0, 0.05) is 5.56 Å². The maximum Gasteiger partial charge on any atom is 0.257 e. The summed E-state index contributed by atoms with van der Waals surface area (Å²) >= 11 is 0. The van der Waals surface area contributed by atoms with E-state index in [9.17, 15) is 4.79 Å². The van der Waals surface area contributed by atoms with Gasteiger partial charge in [0.1, 0.15) is 17.0 Å². The molecule has 0 aliphatic rings. The Morgan fingerprint density at radius 2 is 1.65 bits per heavy atom. The Balaban J connectivity index is 1.87. The SMILES string of the molecule is Cc1onc(-c2ccccc2)c1C(=O)N[C@@H](C)c1ccccc1. The van der Waals surface area contributed by atoms with Crippen molar-refractivity contribution < 1.29 is 9.32 Å². The quantitative estimate of drug-likeness (QED) is 0.788. The molecule has 23 heavy (non-hydrogen) atoms. The third-order valence-electron chi connectivity index (χ3n) is 3.78. The van der Waals surface area contributed by atoms with Crippen molar-refractivity contribution in [2.45, 2.75) is 19.9 Å². The van der Waals surface area contributed by atoms with Crippen LogP contribution in [0, 0.1) is 6.92 Å². The standard InChI is InChI=1S/C19H18N2O2/c1-13(15-9-5-3-6-10-15)20-19(22)17-14(2)23-21-18(17)16-11-7-4-8-12-16/h3-13H,1-2H3,(H,20,22)/t13-/m0/s1. The fourth-order valence-electron chi connectivity index (χ4n) is 2.53. The van der Waals surface area contributed by atoms with Gasteiger partial charge >= 0.3 is 0 Å². The summed E-state index contributed by atoms with van der Waals surface area (Å²) < 4.78 is 5.25. The Morgan fingerprint density at radius 3 is 2.30 bits per heavy atom. The highest BCUT2D eigenvalue weighted by molar-refractivity contribution is 6.00. The zero-order chi connectivity index (χ0) is 16.2. The van der Waals surface area contributed by atoms with Crippen LogP contribution >= 0.6 is 0 Å². The number of carbonyl (C=O) groups excluding carboxylic acids is 1. The highest BCUT2D eigenvalue weighted by Gasteiger charge is 2.22. The van der Waals surface area contributed by atoms with Crippen molar-refractivity contribution in [3.8, 4) is 11.3 Å². The van der Waals surface area contributed by atoms with Gasteiger partial charge in [-0.1, -0.05) is 65.8 Å². The lowest BCUT2D eigenvalue weighted by Gasteiger charge is -2.14. The van der Waals surface area contributed by atoms with Gasteiger partial charge in [0.05, 0.1) is 6.04 Å². The Kier molecular flexibility index (Phi) is 4.24.